The van der Waals surface area contributed by atoms with Gasteiger partial charge in [0.05, 0.1) is 24.7 Å². The molecule has 2 fully saturated rings. The number of nitrogens with zero attached hydrogens (tertiary/aromatic N) is 1. The van der Waals surface area contributed by atoms with Gasteiger partial charge in [0.1, 0.15) is 5.84 Å². The molecule has 6 atom stereocenters. The van der Waals surface area contributed by atoms with Crippen LogP contribution in [0, 0.1) is 17.8 Å². The molecule has 1 aromatic rings. The lowest BCUT2D eigenvalue weighted by molar-refractivity contribution is -0.315. The van der Waals surface area contributed by atoms with Crippen molar-refractivity contribution in [3.63, 3.8) is 0 Å². The molecule has 2 saturated carbocycles. The van der Waals surface area contributed by atoms with Gasteiger partial charge in [-0.15, -0.1) is 0 Å². The van der Waals surface area contributed by atoms with Gasteiger partial charge in [-0.25, -0.2) is 0 Å². The minimum absolute atomic E-state index is 0.0156. The van der Waals surface area contributed by atoms with Crippen molar-refractivity contribution in [3.8, 4) is 0 Å². The largest absolute Gasteiger partial charge is 0.481 e. The number of aliphatic hydroxyl groups excluding tert-OH is 2. The average Bonchev–Trinajstić information content (AvgIpc) is 3.26. The van der Waals surface area contributed by atoms with Crippen LogP contribution >= 0.6 is 0 Å². The van der Waals surface area contributed by atoms with Gasteiger partial charge < -0.3 is 20.6 Å². The van der Waals surface area contributed by atoms with Crippen LogP contribution in [-0.4, -0.2) is 57.2 Å². The Morgan fingerprint density at radius 2 is 1.94 bits per heavy atom. The molecule has 1 aliphatic heterocycles. The number of amidine groups is 1. The number of rotatable bonds is 8. The van der Waals surface area contributed by atoms with Crippen LogP contribution in [0.2, 0.25) is 0 Å². The lowest BCUT2D eigenvalue weighted by Crippen LogP contribution is -2.58. The number of aliphatic imine (C=N–C) groups is 1. The number of benzene rings is 1. The third-order valence-electron chi connectivity index (χ3n) is 7.13. The molecule has 6 nitrogen and oxygen atoms in total. The Labute approximate surface area is 194 Å². The number of aliphatic hydroxyl groups is 2. The molecular formula is C24H28F4N2O4. The number of hydrogen-bond acceptors (Lipinski definition) is 5. The van der Waals surface area contributed by atoms with Crippen molar-refractivity contribution in [2.24, 2.45) is 22.7 Å². The second kappa shape index (κ2) is 9.30. The quantitative estimate of drug-likeness (QED) is 0.331. The van der Waals surface area contributed by atoms with Crippen LogP contribution in [0.15, 0.2) is 41.4 Å². The SMILES string of the molecule is O=C(O)Cc1ccc(NC2=NC3CC(O)C(C=C[C@@H](O)CCC4CC(F)(F)C4(F)F)C3C2)cc1. The van der Waals surface area contributed by atoms with E-state index in [0.717, 1.165) is 11.5 Å². The molecule has 5 unspecified atom stereocenters. The minimum atomic E-state index is -4.02. The van der Waals surface area contributed by atoms with Crippen molar-refractivity contribution in [1.29, 1.82) is 0 Å². The van der Waals surface area contributed by atoms with Gasteiger partial charge in [-0.1, -0.05) is 24.3 Å². The predicted octanol–water partition coefficient (Wildman–Crippen LogP) is 3.88. The van der Waals surface area contributed by atoms with E-state index in [0.29, 0.717) is 18.4 Å². The first-order valence-electron chi connectivity index (χ1n) is 11.4. The molecule has 0 saturated heterocycles. The molecular weight excluding hydrogens is 456 g/mol. The standard InChI is InChI=1S/C24H28F4N2O4/c25-23(26)12-14(24(23,27)28)3-6-16(31)7-8-17-18-10-21(30-19(18)11-20(17)32)29-15-4-1-13(2-5-15)9-22(33)34/h1-2,4-5,7-8,14,16-20,31-32H,3,6,9-12H2,(H,29,30)(H,33,34)/t14?,16-,17?,18?,19?,20?/m0/s1. The van der Waals surface area contributed by atoms with E-state index < -0.39 is 42.4 Å². The Morgan fingerprint density at radius 3 is 2.56 bits per heavy atom. The fraction of sp³-hybridized carbons (Fsp3) is 0.583. The molecule has 10 heteroatoms. The number of carboxylic acid groups (broad SMARTS) is 1. The zero-order valence-corrected chi connectivity index (χ0v) is 18.4. The number of carboxylic acids is 1. The van der Waals surface area contributed by atoms with Crippen molar-refractivity contribution in [2.45, 2.75) is 68.6 Å². The second-order valence-electron chi connectivity index (χ2n) is 9.54. The molecule has 186 valence electrons. The van der Waals surface area contributed by atoms with E-state index in [-0.39, 0.29) is 37.1 Å². The lowest BCUT2D eigenvalue weighted by atomic mass is 9.74. The van der Waals surface area contributed by atoms with E-state index >= 15 is 0 Å². The number of alkyl halides is 4. The Bertz CT molecular complexity index is 966. The molecule has 4 rings (SSSR count). The molecule has 0 bridgehead atoms. The topological polar surface area (TPSA) is 102 Å². The number of halogens is 4. The number of aliphatic carboxylic acids is 1. The predicted molar refractivity (Wildman–Crippen MR) is 117 cm³/mol. The monoisotopic (exact) mass is 484 g/mol. The van der Waals surface area contributed by atoms with E-state index in [2.05, 4.69) is 10.3 Å². The molecule has 2 aliphatic carbocycles. The molecule has 1 aromatic carbocycles. The van der Waals surface area contributed by atoms with Crippen molar-refractivity contribution in [3.05, 3.63) is 42.0 Å². The number of hydrogen-bond donors (Lipinski definition) is 4. The van der Waals surface area contributed by atoms with Gasteiger partial charge in [0.2, 0.25) is 0 Å². The summed E-state index contributed by atoms with van der Waals surface area (Å²) in [7, 11) is 0. The molecule has 0 spiro atoms. The van der Waals surface area contributed by atoms with Crippen molar-refractivity contribution in [1.82, 2.24) is 0 Å². The van der Waals surface area contributed by atoms with Gasteiger partial charge in [0.15, 0.2) is 0 Å². The maximum absolute atomic E-state index is 13.4. The smallest absolute Gasteiger partial charge is 0.313 e. The van der Waals surface area contributed by atoms with Crippen LogP contribution in [0.25, 0.3) is 0 Å². The van der Waals surface area contributed by atoms with Crippen molar-refractivity contribution >= 4 is 17.5 Å². The van der Waals surface area contributed by atoms with Gasteiger partial charge in [0.25, 0.3) is 0 Å². The highest BCUT2D eigenvalue weighted by molar-refractivity contribution is 5.97. The Kier molecular flexibility index (Phi) is 6.74. The highest BCUT2D eigenvalue weighted by Crippen LogP contribution is 2.57. The Balaban J connectivity index is 1.28. The normalized spacial score (nSPS) is 32.2. The molecule has 4 N–H and O–H groups in total. The summed E-state index contributed by atoms with van der Waals surface area (Å²) < 4.78 is 52.7. The summed E-state index contributed by atoms with van der Waals surface area (Å²) in [5.41, 5.74) is 1.46. The fourth-order valence-corrected chi connectivity index (χ4v) is 5.17. The second-order valence-corrected chi connectivity index (χ2v) is 9.54. The summed E-state index contributed by atoms with van der Waals surface area (Å²) in [5.74, 6) is -9.82. The minimum Gasteiger partial charge on any atom is -0.481 e. The maximum Gasteiger partial charge on any atom is 0.313 e. The molecule has 34 heavy (non-hydrogen) atoms. The molecule has 0 aromatic heterocycles. The summed E-state index contributed by atoms with van der Waals surface area (Å²) in [4.78, 5) is 15.4. The first-order valence-corrected chi connectivity index (χ1v) is 11.4. The molecule has 0 radical (unpaired) electrons. The summed E-state index contributed by atoms with van der Waals surface area (Å²) in [6.45, 7) is 0. The molecule has 1 heterocycles. The third kappa shape index (κ3) is 4.98. The van der Waals surface area contributed by atoms with E-state index in [1.54, 1.807) is 30.3 Å². The summed E-state index contributed by atoms with van der Waals surface area (Å²) in [6.07, 6.45) is 1.31. The van der Waals surface area contributed by atoms with Crippen LogP contribution in [-0.2, 0) is 11.2 Å². The lowest BCUT2D eigenvalue weighted by Gasteiger charge is -2.44. The van der Waals surface area contributed by atoms with Gasteiger partial charge >= 0.3 is 17.8 Å². The number of carbonyl (C=O) groups is 1. The van der Waals surface area contributed by atoms with Crippen LogP contribution in [0.3, 0.4) is 0 Å². The summed E-state index contributed by atoms with van der Waals surface area (Å²) in [5, 5.41) is 32.7. The first kappa shape index (κ1) is 24.7. The molecule has 3 aliphatic rings. The van der Waals surface area contributed by atoms with Gasteiger partial charge in [-0.3, -0.25) is 9.79 Å². The summed E-state index contributed by atoms with van der Waals surface area (Å²) in [6, 6.07) is 6.91. The van der Waals surface area contributed by atoms with E-state index in [4.69, 9.17) is 5.11 Å². The first-order chi connectivity index (χ1) is 16.0. The zero-order chi connectivity index (χ0) is 24.7. The van der Waals surface area contributed by atoms with Gasteiger partial charge in [-0.2, -0.15) is 17.6 Å². The van der Waals surface area contributed by atoms with Crippen LogP contribution in [0.5, 0.6) is 0 Å². The fourth-order valence-electron chi connectivity index (χ4n) is 5.17. The maximum atomic E-state index is 13.4. The van der Waals surface area contributed by atoms with Crippen LogP contribution < -0.4 is 5.32 Å². The van der Waals surface area contributed by atoms with Gasteiger partial charge in [-0.05, 0) is 42.9 Å². The van der Waals surface area contributed by atoms with Crippen LogP contribution in [0.4, 0.5) is 23.2 Å². The summed E-state index contributed by atoms with van der Waals surface area (Å²) >= 11 is 0. The van der Waals surface area contributed by atoms with Crippen LogP contribution in [0.1, 0.15) is 37.7 Å². The third-order valence-corrected chi connectivity index (χ3v) is 7.13. The number of nitrogens with one attached hydrogen (secondary N) is 1. The molecule has 0 amide bonds. The van der Waals surface area contributed by atoms with Crippen molar-refractivity contribution < 1.29 is 37.7 Å². The average molecular weight is 484 g/mol. The Morgan fingerprint density at radius 1 is 1.24 bits per heavy atom. The number of fused-ring (bicyclic) bond motifs is 1. The van der Waals surface area contributed by atoms with E-state index in [9.17, 15) is 32.6 Å². The van der Waals surface area contributed by atoms with E-state index in [1.807, 2.05) is 0 Å². The van der Waals surface area contributed by atoms with Gasteiger partial charge in [0, 0.05) is 30.4 Å². The highest BCUT2D eigenvalue weighted by atomic mass is 19.3. The van der Waals surface area contributed by atoms with E-state index in [1.165, 1.54) is 6.08 Å². The Hall–Kier alpha value is -2.46. The highest BCUT2D eigenvalue weighted by Gasteiger charge is 2.70. The number of anilines is 1. The zero-order valence-electron chi connectivity index (χ0n) is 18.4. The van der Waals surface area contributed by atoms with Crippen molar-refractivity contribution in [2.75, 3.05) is 5.32 Å².